The first-order valence-corrected chi connectivity index (χ1v) is 8.31. The van der Waals surface area contributed by atoms with E-state index in [1.54, 1.807) is 30.5 Å². The molecule has 1 atom stereocenters. The second kappa shape index (κ2) is 6.83. The lowest BCUT2D eigenvalue weighted by molar-refractivity contribution is 0.0489. The largest absolute Gasteiger partial charge is 0.467 e. The van der Waals surface area contributed by atoms with Gasteiger partial charge in [0.15, 0.2) is 0 Å². The summed E-state index contributed by atoms with van der Waals surface area (Å²) in [5.41, 5.74) is 0. The molecule has 0 aliphatic carbocycles. The van der Waals surface area contributed by atoms with Gasteiger partial charge in [0.05, 0.1) is 15.5 Å². The SMILES string of the molecule is O=C(c1ccc(Cl)s1)N1CCN(C[C@@H](O)c2ccco2)CC1. The van der Waals surface area contributed by atoms with Crippen molar-refractivity contribution in [1.82, 2.24) is 9.80 Å². The number of halogens is 1. The number of nitrogens with zero attached hydrogens (tertiary/aromatic N) is 2. The number of hydrogen-bond donors (Lipinski definition) is 1. The minimum Gasteiger partial charge on any atom is -0.467 e. The summed E-state index contributed by atoms with van der Waals surface area (Å²) >= 11 is 7.18. The number of hydrogen-bond acceptors (Lipinski definition) is 5. The number of β-amino-alcohol motifs (C(OH)–C–C–N with tert-alkyl or cyclic N) is 1. The second-order valence-electron chi connectivity index (χ2n) is 5.23. The van der Waals surface area contributed by atoms with Crippen LogP contribution in [-0.2, 0) is 0 Å². The number of furan rings is 1. The number of aliphatic hydroxyl groups excluding tert-OH is 1. The van der Waals surface area contributed by atoms with Gasteiger partial charge in [0, 0.05) is 32.7 Å². The van der Waals surface area contributed by atoms with Crippen molar-refractivity contribution in [2.75, 3.05) is 32.7 Å². The van der Waals surface area contributed by atoms with Gasteiger partial charge in [-0.15, -0.1) is 11.3 Å². The maximum Gasteiger partial charge on any atom is 0.264 e. The number of piperazine rings is 1. The fraction of sp³-hybridized carbons (Fsp3) is 0.400. The molecule has 0 saturated carbocycles. The fourth-order valence-corrected chi connectivity index (χ4v) is 3.55. The molecule has 2 aromatic heterocycles. The molecule has 0 unspecified atom stereocenters. The lowest BCUT2D eigenvalue weighted by Crippen LogP contribution is -2.49. The molecule has 5 nitrogen and oxygen atoms in total. The van der Waals surface area contributed by atoms with E-state index in [9.17, 15) is 9.90 Å². The smallest absolute Gasteiger partial charge is 0.264 e. The Morgan fingerprint density at radius 1 is 1.32 bits per heavy atom. The van der Waals surface area contributed by atoms with Gasteiger partial charge in [-0.2, -0.15) is 0 Å². The lowest BCUT2D eigenvalue weighted by Gasteiger charge is -2.35. The summed E-state index contributed by atoms with van der Waals surface area (Å²) in [5, 5.41) is 10.1. The van der Waals surface area contributed by atoms with E-state index in [-0.39, 0.29) is 5.91 Å². The van der Waals surface area contributed by atoms with Crippen LogP contribution >= 0.6 is 22.9 Å². The first-order valence-electron chi connectivity index (χ1n) is 7.12. The Morgan fingerprint density at radius 2 is 2.09 bits per heavy atom. The Hall–Kier alpha value is -1.34. The molecule has 1 aliphatic heterocycles. The summed E-state index contributed by atoms with van der Waals surface area (Å²) in [5.74, 6) is 0.606. The van der Waals surface area contributed by atoms with Crippen molar-refractivity contribution in [2.24, 2.45) is 0 Å². The molecule has 0 aromatic carbocycles. The van der Waals surface area contributed by atoms with Crippen molar-refractivity contribution in [2.45, 2.75) is 6.10 Å². The highest BCUT2D eigenvalue weighted by molar-refractivity contribution is 7.17. The van der Waals surface area contributed by atoms with Crippen LogP contribution in [-0.4, -0.2) is 53.5 Å². The van der Waals surface area contributed by atoms with Crippen LogP contribution in [0, 0.1) is 0 Å². The first kappa shape index (κ1) is 15.6. The molecule has 1 saturated heterocycles. The maximum absolute atomic E-state index is 12.3. The predicted octanol–water partition coefficient (Wildman–Crippen LogP) is 2.49. The molecule has 7 heteroatoms. The molecule has 118 valence electrons. The van der Waals surface area contributed by atoms with Gasteiger partial charge >= 0.3 is 0 Å². The van der Waals surface area contributed by atoms with E-state index in [0.717, 1.165) is 13.1 Å². The van der Waals surface area contributed by atoms with Crippen molar-refractivity contribution < 1.29 is 14.3 Å². The van der Waals surface area contributed by atoms with E-state index >= 15 is 0 Å². The van der Waals surface area contributed by atoms with Gasteiger partial charge in [-0.05, 0) is 24.3 Å². The molecule has 0 radical (unpaired) electrons. The number of aliphatic hydroxyl groups is 1. The highest BCUT2D eigenvalue weighted by atomic mass is 35.5. The second-order valence-corrected chi connectivity index (χ2v) is 6.94. The van der Waals surface area contributed by atoms with Crippen LogP contribution in [0.15, 0.2) is 34.9 Å². The summed E-state index contributed by atoms with van der Waals surface area (Å²) in [6, 6.07) is 7.05. The average Bonchev–Trinajstić information content (AvgIpc) is 3.18. The predicted molar refractivity (Wildman–Crippen MR) is 85.3 cm³/mol. The molecule has 2 aromatic rings. The minimum absolute atomic E-state index is 0.0307. The van der Waals surface area contributed by atoms with Crippen LogP contribution in [0.4, 0.5) is 0 Å². The number of amides is 1. The fourth-order valence-electron chi connectivity index (χ4n) is 2.53. The normalized spacial score (nSPS) is 17.6. The number of thiophene rings is 1. The Kier molecular flexibility index (Phi) is 4.83. The first-order chi connectivity index (χ1) is 10.6. The van der Waals surface area contributed by atoms with E-state index in [4.69, 9.17) is 16.0 Å². The topological polar surface area (TPSA) is 56.9 Å². The van der Waals surface area contributed by atoms with Gasteiger partial charge in [0.2, 0.25) is 0 Å². The van der Waals surface area contributed by atoms with Gasteiger partial charge in [-0.3, -0.25) is 9.69 Å². The monoisotopic (exact) mass is 340 g/mol. The van der Waals surface area contributed by atoms with Crippen LogP contribution in [0.1, 0.15) is 21.5 Å². The van der Waals surface area contributed by atoms with Crippen molar-refractivity contribution >= 4 is 28.8 Å². The van der Waals surface area contributed by atoms with Gasteiger partial charge in [0.25, 0.3) is 5.91 Å². The van der Waals surface area contributed by atoms with E-state index in [1.165, 1.54) is 11.3 Å². The highest BCUT2D eigenvalue weighted by Crippen LogP contribution is 2.23. The number of carbonyl (C=O) groups is 1. The Balaban J connectivity index is 1.51. The highest BCUT2D eigenvalue weighted by Gasteiger charge is 2.25. The molecule has 0 bridgehead atoms. The van der Waals surface area contributed by atoms with Gasteiger partial charge in [0.1, 0.15) is 11.9 Å². The third-order valence-corrected chi connectivity index (χ3v) is 4.97. The van der Waals surface area contributed by atoms with Crippen LogP contribution in [0.2, 0.25) is 4.34 Å². The molecule has 3 heterocycles. The zero-order chi connectivity index (χ0) is 15.5. The van der Waals surface area contributed by atoms with Crippen LogP contribution in [0.25, 0.3) is 0 Å². The zero-order valence-electron chi connectivity index (χ0n) is 11.9. The standard InChI is InChI=1S/C15H17ClN2O3S/c16-14-4-3-13(22-14)15(20)18-7-5-17(6-8-18)10-11(19)12-2-1-9-21-12/h1-4,9,11,19H,5-8,10H2/t11-/m1/s1. The van der Waals surface area contributed by atoms with E-state index < -0.39 is 6.10 Å². The van der Waals surface area contributed by atoms with E-state index in [0.29, 0.717) is 34.6 Å². The molecule has 1 fully saturated rings. The number of rotatable bonds is 4. The van der Waals surface area contributed by atoms with Gasteiger partial charge < -0.3 is 14.4 Å². The van der Waals surface area contributed by atoms with Crippen molar-refractivity contribution in [3.63, 3.8) is 0 Å². The Bertz CT molecular complexity index is 621. The third kappa shape index (κ3) is 3.52. The summed E-state index contributed by atoms with van der Waals surface area (Å²) in [7, 11) is 0. The Morgan fingerprint density at radius 3 is 2.68 bits per heavy atom. The van der Waals surface area contributed by atoms with Crippen molar-refractivity contribution in [1.29, 1.82) is 0 Å². The summed E-state index contributed by atoms with van der Waals surface area (Å²) in [6.45, 7) is 3.30. The van der Waals surface area contributed by atoms with Crippen molar-refractivity contribution in [3.05, 3.63) is 45.5 Å². The molecule has 1 N–H and O–H groups in total. The zero-order valence-corrected chi connectivity index (χ0v) is 13.5. The molecule has 3 rings (SSSR count). The van der Waals surface area contributed by atoms with Crippen LogP contribution < -0.4 is 0 Å². The summed E-state index contributed by atoms with van der Waals surface area (Å²) in [4.78, 5) is 17.0. The summed E-state index contributed by atoms with van der Waals surface area (Å²) in [6.07, 6.45) is 0.926. The molecular formula is C15H17ClN2O3S. The maximum atomic E-state index is 12.3. The minimum atomic E-state index is -0.631. The van der Waals surface area contributed by atoms with E-state index in [1.807, 2.05) is 4.90 Å². The lowest BCUT2D eigenvalue weighted by atomic mass is 10.2. The average molecular weight is 341 g/mol. The molecular weight excluding hydrogens is 324 g/mol. The quantitative estimate of drug-likeness (QED) is 0.929. The summed E-state index contributed by atoms with van der Waals surface area (Å²) < 4.78 is 5.83. The number of carbonyl (C=O) groups excluding carboxylic acids is 1. The van der Waals surface area contributed by atoms with Gasteiger partial charge in [-0.25, -0.2) is 0 Å². The molecule has 1 amide bonds. The van der Waals surface area contributed by atoms with E-state index in [2.05, 4.69) is 4.90 Å². The molecule has 22 heavy (non-hydrogen) atoms. The van der Waals surface area contributed by atoms with Crippen molar-refractivity contribution in [3.8, 4) is 0 Å². The Labute approximate surface area is 137 Å². The van der Waals surface area contributed by atoms with Crippen LogP contribution in [0.5, 0.6) is 0 Å². The van der Waals surface area contributed by atoms with Crippen LogP contribution in [0.3, 0.4) is 0 Å². The van der Waals surface area contributed by atoms with Gasteiger partial charge in [-0.1, -0.05) is 11.6 Å². The third-order valence-electron chi connectivity index (χ3n) is 3.75. The molecule has 1 aliphatic rings. The molecule has 0 spiro atoms.